The number of allylic oxidation sites excluding steroid dienone is 2. The number of aromatic nitrogens is 8. The van der Waals surface area contributed by atoms with Crippen LogP contribution in [-0.4, -0.2) is 80.5 Å². The number of hydrogen-bond acceptors (Lipinski definition) is 11. The summed E-state index contributed by atoms with van der Waals surface area (Å²) in [5, 5.41) is 21.1. The molecule has 0 saturated carbocycles. The maximum atomic E-state index is 13.7. The van der Waals surface area contributed by atoms with Crippen LogP contribution in [0.25, 0.3) is 21.4 Å². The number of hydrogen-bond donors (Lipinski definition) is 4. The first-order chi connectivity index (χ1) is 25.9. The second-order valence-corrected chi connectivity index (χ2v) is 13.5. The fourth-order valence-corrected chi connectivity index (χ4v) is 7.11. The molecule has 0 bridgehead atoms. The van der Waals surface area contributed by atoms with Crippen molar-refractivity contribution in [2.24, 2.45) is 11.5 Å². The smallest absolute Gasteiger partial charge is 0.276 e. The molecule has 0 saturated heterocycles. The third kappa shape index (κ3) is 7.65. The van der Waals surface area contributed by atoms with E-state index in [1.54, 1.807) is 38.2 Å². The minimum atomic E-state index is -0.671. The van der Waals surface area contributed by atoms with E-state index in [4.69, 9.17) is 21.2 Å². The van der Waals surface area contributed by atoms with Crippen molar-refractivity contribution in [3.63, 3.8) is 0 Å². The van der Waals surface area contributed by atoms with Crippen LogP contribution in [0.5, 0.6) is 5.75 Å². The average molecular weight is 756 g/mol. The lowest BCUT2D eigenvalue weighted by Crippen LogP contribution is -2.20. The SMILES string of the molecule is CCn1nc(C)cc1C(=O)Cc1nc2cc(C(N)=O)cc(OCCCO)c2n1C/C=C/Cn1c(NC(=O)c2cc(C)nn2CC)nc2cc(C(N)=O)sc21. The van der Waals surface area contributed by atoms with Gasteiger partial charge in [-0.2, -0.15) is 10.2 Å². The average Bonchev–Trinajstić information content (AvgIpc) is 3.95. The van der Waals surface area contributed by atoms with Crippen LogP contribution in [0.2, 0.25) is 0 Å². The van der Waals surface area contributed by atoms with Crippen LogP contribution in [0.4, 0.5) is 5.95 Å². The molecule has 6 N–H and O–H groups in total. The van der Waals surface area contributed by atoms with Crippen LogP contribution in [-0.2, 0) is 32.6 Å². The Morgan fingerprint density at radius 3 is 2.19 bits per heavy atom. The Balaban J connectivity index is 1.37. The molecule has 1 aromatic carbocycles. The molecule has 0 fully saturated rings. The molecule has 0 spiro atoms. The van der Waals surface area contributed by atoms with Gasteiger partial charge in [0.25, 0.3) is 11.8 Å². The zero-order chi connectivity index (χ0) is 38.7. The summed E-state index contributed by atoms with van der Waals surface area (Å²) in [6.45, 7) is 8.96. The Bertz CT molecular complexity index is 2430. The molecule has 0 aliphatic heterocycles. The predicted molar refractivity (Wildman–Crippen MR) is 202 cm³/mol. The fraction of sp³-hybridized carbons (Fsp3) is 0.333. The van der Waals surface area contributed by atoms with Gasteiger partial charge in [0.15, 0.2) is 5.78 Å². The fourth-order valence-electron chi connectivity index (χ4n) is 6.15. The first kappa shape index (κ1) is 37.6. The molecule has 0 aliphatic rings. The third-order valence-corrected chi connectivity index (χ3v) is 9.76. The van der Waals surface area contributed by atoms with E-state index in [9.17, 15) is 24.3 Å². The molecule has 6 rings (SSSR count). The quantitative estimate of drug-likeness (QED) is 0.0602. The van der Waals surface area contributed by atoms with E-state index in [1.165, 1.54) is 6.07 Å². The molecule has 6 aromatic rings. The number of primary amides is 2. The normalized spacial score (nSPS) is 11.6. The highest BCUT2D eigenvalue weighted by Crippen LogP contribution is 2.31. The summed E-state index contributed by atoms with van der Waals surface area (Å²) in [6.07, 6.45) is 4.00. The van der Waals surface area contributed by atoms with Gasteiger partial charge in [-0.05, 0) is 58.0 Å². The van der Waals surface area contributed by atoms with E-state index >= 15 is 0 Å². The standard InChI is InChI=1S/C36H41N11O6S/c1-5-46-25(14-20(3)42-46)27(49)19-30-39-23-16-22(32(37)50)17-28(53-13-9-12-48)31(23)44(30)10-7-8-11-45-35-24(18-29(54-35)33(38)51)40-36(45)41-34(52)26-15-21(4)43-47(26)6-2/h7-8,14-18,48H,5-6,9-13,19H2,1-4H3,(H2,37,50)(H2,38,51)(H,40,41,52)/b8-7+. The number of aliphatic hydroxyl groups is 1. The highest BCUT2D eigenvalue weighted by molar-refractivity contribution is 7.20. The molecule has 0 unspecified atom stereocenters. The zero-order valence-electron chi connectivity index (χ0n) is 30.3. The number of imidazole rings is 2. The van der Waals surface area contributed by atoms with Gasteiger partial charge < -0.3 is 25.9 Å². The summed E-state index contributed by atoms with van der Waals surface area (Å²) >= 11 is 1.16. The molecular weight excluding hydrogens is 715 g/mol. The summed E-state index contributed by atoms with van der Waals surface area (Å²) < 4.78 is 12.9. The van der Waals surface area contributed by atoms with Gasteiger partial charge in [-0.3, -0.25) is 38.4 Å². The van der Waals surface area contributed by atoms with Crippen molar-refractivity contribution in [1.82, 2.24) is 38.7 Å². The summed E-state index contributed by atoms with van der Waals surface area (Å²) in [5.41, 5.74) is 15.1. The van der Waals surface area contributed by atoms with Crippen LogP contribution < -0.4 is 21.5 Å². The Morgan fingerprint density at radius 2 is 1.54 bits per heavy atom. The van der Waals surface area contributed by atoms with Crippen LogP contribution in [0, 0.1) is 13.8 Å². The topological polar surface area (TPSA) is 233 Å². The van der Waals surface area contributed by atoms with E-state index in [-0.39, 0.29) is 50.0 Å². The van der Waals surface area contributed by atoms with Crippen molar-refractivity contribution < 1.29 is 29.0 Å². The number of aliphatic hydroxyl groups excluding tert-OH is 1. The second kappa shape index (κ2) is 15.8. The minimum absolute atomic E-state index is 0.0765. The number of fused-ring (bicyclic) bond motifs is 2. The number of amides is 3. The molecule has 3 amide bonds. The van der Waals surface area contributed by atoms with Crippen molar-refractivity contribution in [3.05, 3.63) is 81.5 Å². The number of ketones is 1. The summed E-state index contributed by atoms with van der Waals surface area (Å²) in [5.74, 6) is -0.836. The van der Waals surface area contributed by atoms with Gasteiger partial charge in [0, 0.05) is 44.8 Å². The maximum Gasteiger partial charge on any atom is 0.276 e. The Kier molecular flexibility index (Phi) is 11.0. The van der Waals surface area contributed by atoms with Crippen LogP contribution in [0.1, 0.15) is 78.5 Å². The van der Waals surface area contributed by atoms with Crippen molar-refractivity contribution in [2.75, 3.05) is 18.5 Å². The van der Waals surface area contributed by atoms with E-state index < -0.39 is 17.7 Å². The number of benzene rings is 1. The Hall–Kier alpha value is -6.14. The number of nitrogens with zero attached hydrogens (tertiary/aromatic N) is 8. The molecule has 54 heavy (non-hydrogen) atoms. The van der Waals surface area contributed by atoms with Crippen LogP contribution >= 0.6 is 11.3 Å². The van der Waals surface area contributed by atoms with Gasteiger partial charge in [-0.1, -0.05) is 12.2 Å². The van der Waals surface area contributed by atoms with Gasteiger partial charge in [-0.25, -0.2) is 9.97 Å². The lowest BCUT2D eigenvalue weighted by Gasteiger charge is -2.12. The number of ether oxygens (including phenoxy) is 1. The number of carbonyl (C=O) groups is 4. The number of rotatable bonds is 17. The summed E-state index contributed by atoms with van der Waals surface area (Å²) in [6, 6.07) is 8.11. The largest absolute Gasteiger partial charge is 0.491 e. The van der Waals surface area contributed by atoms with Gasteiger partial charge in [0.05, 0.1) is 34.8 Å². The number of carbonyl (C=O) groups excluding carboxylic acids is 4. The number of anilines is 1. The molecule has 0 atom stereocenters. The highest BCUT2D eigenvalue weighted by Gasteiger charge is 2.23. The van der Waals surface area contributed by atoms with Crippen molar-refractivity contribution in [3.8, 4) is 5.75 Å². The highest BCUT2D eigenvalue weighted by atomic mass is 32.1. The second-order valence-electron chi connectivity index (χ2n) is 12.5. The van der Waals surface area contributed by atoms with Crippen LogP contribution in [0.15, 0.2) is 42.5 Å². The minimum Gasteiger partial charge on any atom is -0.491 e. The van der Waals surface area contributed by atoms with Gasteiger partial charge in [-0.15, -0.1) is 11.3 Å². The molecule has 282 valence electrons. The molecule has 5 aromatic heterocycles. The zero-order valence-corrected chi connectivity index (χ0v) is 31.1. The van der Waals surface area contributed by atoms with Crippen molar-refractivity contribution in [2.45, 2.75) is 66.7 Å². The number of thiophene rings is 1. The van der Waals surface area contributed by atoms with Crippen LogP contribution in [0.3, 0.4) is 0 Å². The van der Waals surface area contributed by atoms with E-state index in [2.05, 4.69) is 20.5 Å². The van der Waals surface area contributed by atoms with E-state index in [0.717, 1.165) is 11.3 Å². The van der Waals surface area contributed by atoms with Crippen molar-refractivity contribution in [1.29, 1.82) is 0 Å². The molecule has 0 radical (unpaired) electrons. The maximum absolute atomic E-state index is 13.7. The predicted octanol–water partition coefficient (Wildman–Crippen LogP) is 3.39. The number of aryl methyl sites for hydroxylation is 4. The van der Waals surface area contributed by atoms with Crippen molar-refractivity contribution >= 4 is 62.2 Å². The first-order valence-electron chi connectivity index (χ1n) is 17.4. The third-order valence-electron chi connectivity index (χ3n) is 8.60. The number of Topliss-reactive ketones (excluding diaryl/α,β-unsaturated/α-hetero) is 1. The van der Waals surface area contributed by atoms with Gasteiger partial charge >= 0.3 is 0 Å². The number of nitrogens with one attached hydrogen (secondary N) is 1. The Morgan fingerprint density at radius 1 is 0.870 bits per heavy atom. The number of nitrogens with two attached hydrogens (primary N) is 2. The van der Waals surface area contributed by atoms with E-state index in [1.807, 2.05) is 44.4 Å². The molecular formula is C36H41N11O6S. The monoisotopic (exact) mass is 755 g/mol. The lowest BCUT2D eigenvalue weighted by atomic mass is 10.1. The lowest BCUT2D eigenvalue weighted by molar-refractivity contribution is 0.0975. The Labute approximate surface area is 313 Å². The summed E-state index contributed by atoms with van der Waals surface area (Å²) in [7, 11) is 0. The first-order valence-corrected chi connectivity index (χ1v) is 18.2. The molecule has 0 aliphatic carbocycles. The molecule has 5 heterocycles. The molecule has 18 heteroatoms. The van der Waals surface area contributed by atoms with Gasteiger partial charge in [0.1, 0.15) is 38.8 Å². The van der Waals surface area contributed by atoms with E-state index in [0.29, 0.717) is 80.1 Å². The summed E-state index contributed by atoms with van der Waals surface area (Å²) in [4.78, 5) is 61.7. The molecule has 17 nitrogen and oxygen atoms in total. The van der Waals surface area contributed by atoms with Gasteiger partial charge in [0.2, 0.25) is 11.9 Å².